The van der Waals surface area contributed by atoms with Crippen LogP contribution in [0.5, 0.6) is 5.75 Å². The van der Waals surface area contributed by atoms with Gasteiger partial charge in [0.1, 0.15) is 5.75 Å². The molecule has 2 aromatic carbocycles. The molecule has 132 valence electrons. The summed E-state index contributed by atoms with van der Waals surface area (Å²) in [5.74, 6) is 1.30. The van der Waals surface area contributed by atoms with E-state index in [1.165, 1.54) is 17.8 Å². The topological polar surface area (TPSA) is 64.2 Å². The first-order chi connectivity index (χ1) is 12.7. The van der Waals surface area contributed by atoms with Gasteiger partial charge in [-0.1, -0.05) is 53.7 Å². The second-order valence-electron chi connectivity index (χ2n) is 5.77. The Kier molecular flexibility index (Phi) is 4.97. The van der Waals surface area contributed by atoms with Crippen LogP contribution in [0.15, 0.2) is 58.5 Å². The van der Waals surface area contributed by atoms with Gasteiger partial charge in [-0.2, -0.15) is 0 Å². The zero-order chi connectivity index (χ0) is 17.9. The van der Waals surface area contributed by atoms with E-state index < -0.39 is 0 Å². The maximum Gasteiger partial charge on any atom is 0.252 e. The van der Waals surface area contributed by atoms with E-state index in [1.807, 2.05) is 42.5 Å². The number of aromatic amines is 1. The van der Waals surface area contributed by atoms with Gasteiger partial charge in [0.05, 0.1) is 17.3 Å². The molecule has 1 N–H and O–H groups in total. The van der Waals surface area contributed by atoms with E-state index in [2.05, 4.69) is 9.97 Å². The minimum Gasteiger partial charge on any atom is -0.466 e. The standard InChI is InChI=1S/C19H15ClN2O3S/c20-15-7-12(6-14-9-24-11-25-18(14)15)10-26-19-21-16(8-17(23)22-19)13-4-2-1-3-5-13/h1-8H,9-11H2,(H,21,22,23). The number of nitrogens with zero attached hydrogens (tertiary/aromatic N) is 1. The molecule has 0 fully saturated rings. The van der Waals surface area contributed by atoms with E-state index in [0.717, 1.165) is 16.7 Å². The molecule has 0 bridgehead atoms. The van der Waals surface area contributed by atoms with Crippen LogP contribution in [0.25, 0.3) is 11.3 Å². The van der Waals surface area contributed by atoms with E-state index >= 15 is 0 Å². The van der Waals surface area contributed by atoms with Crippen molar-refractivity contribution in [1.82, 2.24) is 9.97 Å². The van der Waals surface area contributed by atoms with Crippen molar-refractivity contribution in [3.8, 4) is 17.0 Å². The van der Waals surface area contributed by atoms with Crippen LogP contribution in [-0.2, 0) is 17.1 Å². The summed E-state index contributed by atoms with van der Waals surface area (Å²) in [7, 11) is 0. The maximum atomic E-state index is 12.0. The van der Waals surface area contributed by atoms with Gasteiger partial charge in [0.2, 0.25) is 0 Å². The quantitative estimate of drug-likeness (QED) is 0.536. The molecule has 3 aromatic rings. The fourth-order valence-electron chi connectivity index (χ4n) is 2.73. The Morgan fingerprint density at radius 3 is 2.88 bits per heavy atom. The van der Waals surface area contributed by atoms with Crippen molar-refractivity contribution in [3.05, 3.63) is 75.0 Å². The van der Waals surface area contributed by atoms with Gasteiger partial charge in [0.15, 0.2) is 11.9 Å². The molecule has 1 aliphatic heterocycles. The number of aromatic nitrogens is 2. The van der Waals surface area contributed by atoms with E-state index in [9.17, 15) is 4.79 Å². The molecule has 0 spiro atoms. The average molecular weight is 387 g/mol. The normalized spacial score (nSPS) is 13.1. The predicted molar refractivity (Wildman–Crippen MR) is 102 cm³/mol. The summed E-state index contributed by atoms with van der Waals surface area (Å²) in [6.45, 7) is 0.699. The van der Waals surface area contributed by atoms with Gasteiger partial charge in [-0.05, 0) is 17.7 Å². The molecule has 0 saturated carbocycles. The van der Waals surface area contributed by atoms with Crippen LogP contribution < -0.4 is 10.3 Å². The number of rotatable bonds is 4. The minimum absolute atomic E-state index is 0.174. The number of nitrogens with one attached hydrogen (secondary N) is 1. The number of halogens is 1. The molecular weight excluding hydrogens is 372 g/mol. The first-order valence-corrected chi connectivity index (χ1v) is 9.37. The van der Waals surface area contributed by atoms with Crippen molar-refractivity contribution in [1.29, 1.82) is 0 Å². The van der Waals surface area contributed by atoms with Crippen molar-refractivity contribution >= 4 is 23.4 Å². The summed E-state index contributed by atoms with van der Waals surface area (Å²) in [5.41, 5.74) is 3.33. The highest BCUT2D eigenvalue weighted by Crippen LogP contribution is 2.34. The largest absolute Gasteiger partial charge is 0.466 e. The number of hydrogen-bond donors (Lipinski definition) is 1. The lowest BCUT2D eigenvalue weighted by molar-refractivity contribution is -0.0163. The first-order valence-electron chi connectivity index (χ1n) is 8.00. The first kappa shape index (κ1) is 17.1. The van der Waals surface area contributed by atoms with Gasteiger partial charge in [-0.15, -0.1) is 0 Å². The molecule has 26 heavy (non-hydrogen) atoms. The smallest absolute Gasteiger partial charge is 0.252 e. The molecule has 1 aromatic heterocycles. The summed E-state index contributed by atoms with van der Waals surface area (Å²) in [6.07, 6.45) is 0. The SMILES string of the molecule is O=c1cc(-c2ccccc2)nc(SCc2cc(Cl)c3c(c2)COCO3)[nH]1. The summed E-state index contributed by atoms with van der Waals surface area (Å²) in [4.78, 5) is 19.3. The van der Waals surface area contributed by atoms with Crippen LogP contribution in [0.1, 0.15) is 11.1 Å². The number of thioether (sulfide) groups is 1. The molecular formula is C19H15ClN2O3S. The second-order valence-corrected chi connectivity index (χ2v) is 7.14. The third-order valence-electron chi connectivity index (χ3n) is 3.89. The molecule has 4 rings (SSSR count). The molecule has 5 nitrogen and oxygen atoms in total. The third-order valence-corrected chi connectivity index (χ3v) is 5.11. The van der Waals surface area contributed by atoms with Gasteiger partial charge < -0.3 is 14.5 Å². The fraction of sp³-hybridized carbons (Fsp3) is 0.158. The van der Waals surface area contributed by atoms with Gasteiger partial charge in [0.25, 0.3) is 5.56 Å². The average Bonchev–Trinajstić information content (AvgIpc) is 2.67. The van der Waals surface area contributed by atoms with Crippen LogP contribution in [0.4, 0.5) is 0 Å². The van der Waals surface area contributed by atoms with Crippen LogP contribution in [0, 0.1) is 0 Å². The van der Waals surface area contributed by atoms with Crippen molar-refractivity contribution in [3.63, 3.8) is 0 Å². The van der Waals surface area contributed by atoms with Crippen LogP contribution >= 0.6 is 23.4 Å². The summed E-state index contributed by atoms with van der Waals surface area (Å²) in [6, 6.07) is 15.0. The van der Waals surface area contributed by atoms with Crippen molar-refractivity contribution in [2.75, 3.05) is 6.79 Å². The number of benzene rings is 2. The van der Waals surface area contributed by atoms with E-state index in [-0.39, 0.29) is 12.4 Å². The number of fused-ring (bicyclic) bond motifs is 1. The Hall–Kier alpha value is -2.28. The van der Waals surface area contributed by atoms with Crippen LogP contribution in [0.2, 0.25) is 5.02 Å². The van der Waals surface area contributed by atoms with Gasteiger partial charge >= 0.3 is 0 Å². The number of H-pyrrole nitrogens is 1. The Morgan fingerprint density at radius 2 is 2.04 bits per heavy atom. The number of hydrogen-bond acceptors (Lipinski definition) is 5. The Balaban J connectivity index is 1.56. The highest BCUT2D eigenvalue weighted by molar-refractivity contribution is 7.98. The summed E-state index contributed by atoms with van der Waals surface area (Å²) >= 11 is 7.75. The summed E-state index contributed by atoms with van der Waals surface area (Å²) < 4.78 is 10.7. The lowest BCUT2D eigenvalue weighted by Crippen LogP contribution is -2.12. The molecule has 2 heterocycles. The maximum absolute atomic E-state index is 12.0. The zero-order valence-electron chi connectivity index (χ0n) is 13.7. The molecule has 0 amide bonds. The Bertz CT molecular complexity index is 992. The predicted octanol–water partition coefficient (Wildman–Crippen LogP) is 4.25. The number of ether oxygens (including phenoxy) is 2. The highest BCUT2D eigenvalue weighted by Gasteiger charge is 2.16. The highest BCUT2D eigenvalue weighted by atomic mass is 35.5. The third kappa shape index (κ3) is 3.77. The molecule has 0 aliphatic carbocycles. The molecule has 0 radical (unpaired) electrons. The molecule has 0 atom stereocenters. The lowest BCUT2D eigenvalue weighted by Gasteiger charge is -2.19. The summed E-state index contributed by atoms with van der Waals surface area (Å²) in [5, 5.41) is 1.14. The molecule has 0 unspecified atom stereocenters. The Labute approximate surface area is 159 Å². The molecule has 0 saturated heterocycles. The van der Waals surface area contributed by atoms with E-state index in [4.69, 9.17) is 21.1 Å². The van der Waals surface area contributed by atoms with Gasteiger partial charge in [-0.25, -0.2) is 4.98 Å². The minimum atomic E-state index is -0.174. The van der Waals surface area contributed by atoms with E-state index in [1.54, 1.807) is 0 Å². The van der Waals surface area contributed by atoms with Crippen molar-refractivity contribution in [2.24, 2.45) is 0 Å². The molecule has 1 aliphatic rings. The monoisotopic (exact) mass is 386 g/mol. The Morgan fingerprint density at radius 1 is 1.19 bits per heavy atom. The van der Waals surface area contributed by atoms with Crippen molar-refractivity contribution in [2.45, 2.75) is 17.5 Å². The van der Waals surface area contributed by atoms with Crippen LogP contribution in [-0.4, -0.2) is 16.8 Å². The van der Waals surface area contributed by atoms with Gasteiger partial charge in [0, 0.05) is 22.9 Å². The lowest BCUT2D eigenvalue weighted by atomic mass is 10.1. The van der Waals surface area contributed by atoms with Crippen molar-refractivity contribution < 1.29 is 9.47 Å². The van der Waals surface area contributed by atoms with E-state index in [0.29, 0.717) is 34.0 Å². The zero-order valence-corrected chi connectivity index (χ0v) is 15.3. The van der Waals surface area contributed by atoms with Crippen LogP contribution in [0.3, 0.4) is 0 Å². The fourth-order valence-corrected chi connectivity index (χ4v) is 3.85. The van der Waals surface area contributed by atoms with Gasteiger partial charge in [-0.3, -0.25) is 4.79 Å². The molecule has 7 heteroatoms. The second kappa shape index (κ2) is 7.53.